The summed E-state index contributed by atoms with van der Waals surface area (Å²) in [5.74, 6) is -14.7. The van der Waals surface area contributed by atoms with Crippen LogP contribution in [0.2, 0.25) is 0 Å². The molecule has 0 saturated carbocycles. The van der Waals surface area contributed by atoms with E-state index >= 15 is 0 Å². The van der Waals surface area contributed by atoms with Gasteiger partial charge in [-0.05, 0) is 38.9 Å². The SMILES string of the molecule is CC(F)(F)C(F)(F)C(F)(F)CCCN1CCCCC1. The molecule has 0 spiro atoms. The Kier molecular flexibility index (Phi) is 5.15. The number of alkyl halides is 6. The fourth-order valence-electron chi connectivity index (χ4n) is 2.19. The summed E-state index contributed by atoms with van der Waals surface area (Å²) in [5, 5.41) is 0. The van der Waals surface area contributed by atoms with Crippen molar-refractivity contribution in [3.8, 4) is 0 Å². The van der Waals surface area contributed by atoms with Gasteiger partial charge in [0.25, 0.3) is 0 Å². The fraction of sp³-hybridized carbons (Fsp3) is 1.00. The molecule has 1 heterocycles. The van der Waals surface area contributed by atoms with Gasteiger partial charge < -0.3 is 4.90 Å². The van der Waals surface area contributed by atoms with Gasteiger partial charge in [-0.3, -0.25) is 0 Å². The van der Waals surface area contributed by atoms with Crippen LogP contribution in [0.5, 0.6) is 0 Å². The molecule has 0 aromatic heterocycles. The molecule has 114 valence electrons. The minimum atomic E-state index is -5.30. The maximum absolute atomic E-state index is 13.2. The van der Waals surface area contributed by atoms with Crippen LogP contribution >= 0.6 is 0 Å². The molecule has 1 aliphatic rings. The van der Waals surface area contributed by atoms with Crippen molar-refractivity contribution in [1.82, 2.24) is 4.90 Å². The van der Waals surface area contributed by atoms with Gasteiger partial charge in [0.1, 0.15) is 0 Å². The topological polar surface area (TPSA) is 3.24 Å². The summed E-state index contributed by atoms with van der Waals surface area (Å²) in [6.07, 6.45) is 1.56. The Hall–Kier alpha value is -0.460. The Morgan fingerprint density at radius 1 is 0.895 bits per heavy atom. The van der Waals surface area contributed by atoms with E-state index in [9.17, 15) is 26.3 Å². The van der Waals surface area contributed by atoms with Crippen LogP contribution < -0.4 is 0 Å². The van der Waals surface area contributed by atoms with Gasteiger partial charge in [0.15, 0.2) is 0 Å². The van der Waals surface area contributed by atoms with Crippen LogP contribution in [0.25, 0.3) is 0 Å². The van der Waals surface area contributed by atoms with Crippen molar-refractivity contribution in [2.24, 2.45) is 0 Å². The second-order valence-electron chi connectivity index (χ2n) is 5.17. The van der Waals surface area contributed by atoms with Crippen LogP contribution in [0.15, 0.2) is 0 Å². The summed E-state index contributed by atoms with van der Waals surface area (Å²) in [6, 6.07) is 0. The third-order valence-electron chi connectivity index (χ3n) is 3.42. The maximum Gasteiger partial charge on any atom is 0.371 e. The van der Waals surface area contributed by atoms with Crippen molar-refractivity contribution in [3.05, 3.63) is 0 Å². The Balaban J connectivity index is 2.45. The zero-order valence-electron chi connectivity index (χ0n) is 10.9. The van der Waals surface area contributed by atoms with Crippen molar-refractivity contribution in [1.29, 1.82) is 0 Å². The lowest BCUT2D eigenvalue weighted by molar-refractivity contribution is -0.304. The van der Waals surface area contributed by atoms with Crippen LogP contribution in [0, 0.1) is 0 Å². The minimum absolute atomic E-state index is 0.175. The molecule has 1 rings (SSSR count). The first-order chi connectivity index (χ1) is 8.58. The monoisotopic (exact) mass is 291 g/mol. The molecule has 0 aromatic rings. The molecule has 1 saturated heterocycles. The highest BCUT2D eigenvalue weighted by molar-refractivity contribution is 4.93. The van der Waals surface area contributed by atoms with E-state index in [4.69, 9.17) is 0 Å². The summed E-state index contributed by atoms with van der Waals surface area (Å²) in [5.41, 5.74) is 0. The Bertz CT molecular complexity index is 280. The lowest BCUT2D eigenvalue weighted by atomic mass is 10.0. The second kappa shape index (κ2) is 5.89. The van der Waals surface area contributed by atoms with Gasteiger partial charge in [-0.1, -0.05) is 6.42 Å². The quantitative estimate of drug-likeness (QED) is 0.664. The van der Waals surface area contributed by atoms with Crippen molar-refractivity contribution in [2.75, 3.05) is 19.6 Å². The van der Waals surface area contributed by atoms with Gasteiger partial charge in [-0.15, -0.1) is 0 Å². The fourth-order valence-corrected chi connectivity index (χ4v) is 2.19. The van der Waals surface area contributed by atoms with Gasteiger partial charge >= 0.3 is 17.8 Å². The van der Waals surface area contributed by atoms with Crippen molar-refractivity contribution in [3.63, 3.8) is 0 Å². The summed E-state index contributed by atoms with van der Waals surface area (Å²) in [7, 11) is 0. The van der Waals surface area contributed by atoms with Gasteiger partial charge in [0.05, 0.1) is 0 Å². The predicted octanol–water partition coefficient (Wildman–Crippen LogP) is 4.18. The number of piperidine rings is 1. The molecule has 1 fully saturated rings. The third-order valence-corrected chi connectivity index (χ3v) is 3.42. The van der Waals surface area contributed by atoms with Crippen molar-refractivity contribution < 1.29 is 26.3 Å². The number of likely N-dealkylation sites (tertiary alicyclic amines) is 1. The average molecular weight is 291 g/mol. The van der Waals surface area contributed by atoms with E-state index in [2.05, 4.69) is 0 Å². The summed E-state index contributed by atoms with van der Waals surface area (Å²) in [6.45, 7) is 1.59. The van der Waals surface area contributed by atoms with Gasteiger partial charge in [-0.25, -0.2) is 0 Å². The van der Waals surface area contributed by atoms with Crippen molar-refractivity contribution >= 4 is 0 Å². The standard InChI is InChI=1S/C12H19F6N/c1-10(13,14)12(17,18)11(15,16)6-5-9-19-7-3-2-4-8-19/h2-9H2,1H3. The molecule has 19 heavy (non-hydrogen) atoms. The van der Waals surface area contributed by atoms with E-state index in [0.29, 0.717) is 0 Å². The van der Waals surface area contributed by atoms with E-state index in [0.717, 1.165) is 32.4 Å². The molecule has 0 N–H and O–H groups in total. The molecule has 0 radical (unpaired) electrons. The summed E-state index contributed by atoms with van der Waals surface area (Å²) in [4.78, 5) is 1.90. The highest BCUT2D eigenvalue weighted by Crippen LogP contribution is 2.47. The minimum Gasteiger partial charge on any atom is -0.303 e. The van der Waals surface area contributed by atoms with E-state index in [1.807, 2.05) is 4.90 Å². The van der Waals surface area contributed by atoms with Crippen LogP contribution in [0.4, 0.5) is 26.3 Å². The zero-order chi connectivity index (χ0) is 14.7. The van der Waals surface area contributed by atoms with E-state index in [-0.39, 0.29) is 19.9 Å². The highest BCUT2D eigenvalue weighted by Gasteiger charge is 2.68. The molecule has 0 atom stereocenters. The Morgan fingerprint density at radius 3 is 1.89 bits per heavy atom. The molecular formula is C12H19F6N. The molecule has 1 aliphatic heterocycles. The normalized spacial score (nSPS) is 19.7. The molecule has 0 unspecified atom stereocenters. The molecule has 0 bridgehead atoms. The first-order valence-electron chi connectivity index (χ1n) is 6.44. The summed E-state index contributed by atoms with van der Waals surface area (Å²) >= 11 is 0. The number of rotatable bonds is 6. The van der Waals surface area contributed by atoms with Crippen LogP contribution in [-0.2, 0) is 0 Å². The molecule has 7 heteroatoms. The van der Waals surface area contributed by atoms with Gasteiger partial charge in [0, 0.05) is 13.3 Å². The Morgan fingerprint density at radius 2 is 1.42 bits per heavy atom. The first kappa shape index (κ1) is 16.6. The van der Waals surface area contributed by atoms with E-state index < -0.39 is 24.2 Å². The van der Waals surface area contributed by atoms with E-state index in [1.165, 1.54) is 0 Å². The predicted molar refractivity (Wildman–Crippen MR) is 60.0 cm³/mol. The van der Waals surface area contributed by atoms with Gasteiger partial charge in [0.2, 0.25) is 0 Å². The zero-order valence-corrected chi connectivity index (χ0v) is 10.9. The van der Waals surface area contributed by atoms with Crippen molar-refractivity contribution in [2.45, 2.75) is 56.8 Å². The van der Waals surface area contributed by atoms with Crippen LogP contribution in [0.1, 0.15) is 39.0 Å². The van der Waals surface area contributed by atoms with E-state index in [1.54, 1.807) is 0 Å². The maximum atomic E-state index is 13.2. The lowest BCUT2D eigenvalue weighted by Gasteiger charge is -2.32. The lowest BCUT2D eigenvalue weighted by Crippen LogP contribution is -2.52. The smallest absolute Gasteiger partial charge is 0.303 e. The molecule has 0 aromatic carbocycles. The number of hydrogen-bond acceptors (Lipinski definition) is 1. The number of hydrogen-bond donors (Lipinski definition) is 0. The molecule has 1 nitrogen and oxygen atoms in total. The average Bonchev–Trinajstić information content (AvgIpc) is 2.28. The molecular weight excluding hydrogens is 272 g/mol. The number of nitrogens with zero attached hydrogens (tertiary/aromatic N) is 1. The summed E-state index contributed by atoms with van der Waals surface area (Å²) < 4.78 is 77.4. The largest absolute Gasteiger partial charge is 0.371 e. The molecule has 0 aliphatic carbocycles. The Labute approximate surface area is 109 Å². The van der Waals surface area contributed by atoms with Crippen LogP contribution in [-0.4, -0.2) is 42.3 Å². The second-order valence-corrected chi connectivity index (χ2v) is 5.17. The highest BCUT2D eigenvalue weighted by atomic mass is 19.3. The van der Waals surface area contributed by atoms with Gasteiger partial charge in [-0.2, -0.15) is 26.3 Å². The molecule has 0 amide bonds. The first-order valence-corrected chi connectivity index (χ1v) is 6.44. The van der Waals surface area contributed by atoms with Crippen LogP contribution in [0.3, 0.4) is 0 Å². The third kappa shape index (κ3) is 4.00. The number of halogens is 6.